The van der Waals surface area contributed by atoms with Crippen LogP contribution in [0.5, 0.6) is 0 Å². The summed E-state index contributed by atoms with van der Waals surface area (Å²) in [7, 11) is 0. The van der Waals surface area contributed by atoms with Crippen LogP contribution >= 0.6 is 12.4 Å². The summed E-state index contributed by atoms with van der Waals surface area (Å²) in [6.45, 7) is 5.38. The van der Waals surface area contributed by atoms with Crippen LogP contribution in [0.25, 0.3) is 0 Å². The van der Waals surface area contributed by atoms with Gasteiger partial charge in [-0.1, -0.05) is 6.58 Å². The van der Waals surface area contributed by atoms with Gasteiger partial charge < -0.3 is 15.2 Å². The molecule has 1 rings (SSSR count). The van der Waals surface area contributed by atoms with E-state index in [-0.39, 0.29) is 18.5 Å². The summed E-state index contributed by atoms with van der Waals surface area (Å²) in [5, 5.41) is 11.4. The lowest BCUT2D eigenvalue weighted by Gasteiger charge is -2.10. The molecule has 0 aromatic rings. The van der Waals surface area contributed by atoms with Crippen LogP contribution in [-0.4, -0.2) is 35.7 Å². The molecule has 0 bridgehead atoms. The standard InChI is InChI=1S/C9H13NO4.ClH/c1-5(2)9(13)14-6-3-7(8(11)12)10-4-6;/h6-7,10H,1,3-4H2,2H3,(H,11,12);1H/t6-,7+;/m1./s1. The lowest BCUT2D eigenvalue weighted by atomic mass is 10.2. The molecule has 0 radical (unpaired) electrons. The molecular formula is C9H14ClNO4. The summed E-state index contributed by atoms with van der Waals surface area (Å²) in [4.78, 5) is 21.6. The number of carbonyl (C=O) groups is 2. The van der Waals surface area contributed by atoms with Crippen molar-refractivity contribution >= 4 is 24.3 Å². The molecule has 1 aliphatic rings. The van der Waals surface area contributed by atoms with Gasteiger partial charge in [-0.2, -0.15) is 0 Å². The van der Waals surface area contributed by atoms with Crippen LogP contribution in [-0.2, 0) is 14.3 Å². The van der Waals surface area contributed by atoms with E-state index in [2.05, 4.69) is 11.9 Å². The molecule has 2 atom stereocenters. The van der Waals surface area contributed by atoms with E-state index < -0.39 is 18.0 Å². The number of rotatable bonds is 3. The quantitative estimate of drug-likeness (QED) is 0.545. The predicted octanol–water partition coefficient (Wildman–Crippen LogP) is 0.343. The van der Waals surface area contributed by atoms with Crippen LogP contribution in [0, 0.1) is 0 Å². The third kappa shape index (κ3) is 3.89. The molecule has 0 unspecified atom stereocenters. The smallest absolute Gasteiger partial charge is 0.333 e. The number of ether oxygens (including phenoxy) is 1. The van der Waals surface area contributed by atoms with Crippen molar-refractivity contribution in [1.29, 1.82) is 0 Å². The number of carboxylic acid groups (broad SMARTS) is 1. The maximum absolute atomic E-state index is 11.1. The molecule has 1 aliphatic heterocycles. The minimum Gasteiger partial charge on any atom is -0.480 e. The summed E-state index contributed by atoms with van der Waals surface area (Å²) in [6.07, 6.45) is -0.0470. The average molecular weight is 236 g/mol. The molecule has 1 fully saturated rings. The van der Waals surface area contributed by atoms with Crippen LogP contribution in [0.15, 0.2) is 12.2 Å². The number of hydrogen-bond donors (Lipinski definition) is 2. The number of halogens is 1. The second-order valence-electron chi connectivity index (χ2n) is 3.34. The largest absolute Gasteiger partial charge is 0.480 e. The van der Waals surface area contributed by atoms with E-state index in [4.69, 9.17) is 9.84 Å². The Morgan fingerprint density at radius 2 is 2.13 bits per heavy atom. The molecule has 0 aliphatic carbocycles. The summed E-state index contributed by atoms with van der Waals surface area (Å²) in [6, 6.07) is -0.613. The van der Waals surface area contributed by atoms with Crippen LogP contribution in [0.1, 0.15) is 13.3 Å². The molecule has 86 valence electrons. The van der Waals surface area contributed by atoms with Crippen LogP contribution < -0.4 is 5.32 Å². The zero-order chi connectivity index (χ0) is 10.7. The molecule has 0 saturated carbocycles. The Bertz CT molecular complexity index is 279. The van der Waals surface area contributed by atoms with Gasteiger partial charge >= 0.3 is 11.9 Å². The average Bonchev–Trinajstić information content (AvgIpc) is 2.52. The topological polar surface area (TPSA) is 75.6 Å². The Morgan fingerprint density at radius 1 is 1.53 bits per heavy atom. The lowest BCUT2D eigenvalue weighted by molar-refractivity contribution is -0.145. The first kappa shape index (κ1) is 13.9. The summed E-state index contributed by atoms with van der Waals surface area (Å²) in [5.74, 6) is -1.39. The highest BCUT2D eigenvalue weighted by Gasteiger charge is 2.31. The Kier molecular flexibility index (Phi) is 5.32. The molecule has 6 heteroatoms. The van der Waals surface area contributed by atoms with Crippen molar-refractivity contribution in [3.63, 3.8) is 0 Å². The Morgan fingerprint density at radius 3 is 2.53 bits per heavy atom. The van der Waals surface area contributed by atoms with Crippen LogP contribution in [0.3, 0.4) is 0 Å². The molecule has 1 heterocycles. The zero-order valence-electron chi connectivity index (χ0n) is 8.36. The number of nitrogens with one attached hydrogen (secondary N) is 1. The van der Waals surface area contributed by atoms with E-state index in [0.717, 1.165) is 0 Å². The third-order valence-electron chi connectivity index (χ3n) is 2.01. The number of carbonyl (C=O) groups excluding carboxylic acids is 1. The number of hydrogen-bond acceptors (Lipinski definition) is 4. The molecule has 1 saturated heterocycles. The van der Waals surface area contributed by atoms with Gasteiger partial charge in [0.25, 0.3) is 0 Å². The molecule has 0 aromatic carbocycles. The van der Waals surface area contributed by atoms with E-state index >= 15 is 0 Å². The van der Waals surface area contributed by atoms with Crippen molar-refractivity contribution in [3.8, 4) is 0 Å². The first-order chi connectivity index (χ1) is 6.50. The van der Waals surface area contributed by atoms with Gasteiger partial charge in [-0.05, 0) is 6.92 Å². The van der Waals surface area contributed by atoms with Gasteiger partial charge in [-0.3, -0.25) is 4.79 Å². The van der Waals surface area contributed by atoms with Crippen molar-refractivity contribution in [1.82, 2.24) is 5.32 Å². The highest BCUT2D eigenvalue weighted by atomic mass is 35.5. The second-order valence-corrected chi connectivity index (χ2v) is 3.34. The maximum Gasteiger partial charge on any atom is 0.333 e. The Labute approximate surface area is 93.9 Å². The molecule has 2 N–H and O–H groups in total. The van der Waals surface area contributed by atoms with Crippen molar-refractivity contribution in [3.05, 3.63) is 12.2 Å². The zero-order valence-corrected chi connectivity index (χ0v) is 9.17. The van der Waals surface area contributed by atoms with E-state index in [1.165, 1.54) is 0 Å². The fourth-order valence-corrected chi connectivity index (χ4v) is 1.23. The normalized spacial score (nSPS) is 24.1. The number of esters is 1. The molecule has 0 aromatic heterocycles. The van der Waals surface area contributed by atoms with Crippen LogP contribution in [0.2, 0.25) is 0 Å². The molecular weight excluding hydrogens is 222 g/mol. The van der Waals surface area contributed by atoms with Crippen molar-refractivity contribution < 1.29 is 19.4 Å². The van der Waals surface area contributed by atoms with Gasteiger partial charge in [-0.15, -0.1) is 12.4 Å². The van der Waals surface area contributed by atoms with E-state index in [0.29, 0.717) is 18.5 Å². The summed E-state index contributed by atoms with van der Waals surface area (Å²) < 4.78 is 4.99. The fourth-order valence-electron chi connectivity index (χ4n) is 1.23. The van der Waals surface area contributed by atoms with Gasteiger partial charge in [0.2, 0.25) is 0 Å². The van der Waals surface area contributed by atoms with Crippen LogP contribution in [0.4, 0.5) is 0 Å². The van der Waals surface area contributed by atoms with E-state index in [1.54, 1.807) is 6.92 Å². The molecule has 0 amide bonds. The first-order valence-electron chi connectivity index (χ1n) is 4.33. The van der Waals surface area contributed by atoms with Gasteiger partial charge in [0, 0.05) is 18.5 Å². The lowest BCUT2D eigenvalue weighted by Crippen LogP contribution is -2.30. The van der Waals surface area contributed by atoms with Gasteiger partial charge in [0.15, 0.2) is 0 Å². The highest BCUT2D eigenvalue weighted by Crippen LogP contribution is 2.11. The van der Waals surface area contributed by atoms with Gasteiger partial charge in [0.05, 0.1) is 0 Å². The van der Waals surface area contributed by atoms with E-state index in [9.17, 15) is 9.59 Å². The monoisotopic (exact) mass is 235 g/mol. The predicted molar refractivity (Wildman–Crippen MR) is 56.0 cm³/mol. The minimum atomic E-state index is -0.918. The van der Waals surface area contributed by atoms with Gasteiger partial charge in [-0.25, -0.2) is 4.79 Å². The van der Waals surface area contributed by atoms with Crippen molar-refractivity contribution in [2.24, 2.45) is 0 Å². The third-order valence-corrected chi connectivity index (χ3v) is 2.01. The minimum absolute atomic E-state index is 0. The highest BCUT2D eigenvalue weighted by molar-refractivity contribution is 5.87. The van der Waals surface area contributed by atoms with Crippen molar-refractivity contribution in [2.45, 2.75) is 25.5 Å². The Balaban J connectivity index is 0.00000196. The summed E-state index contributed by atoms with van der Waals surface area (Å²) >= 11 is 0. The number of aliphatic carboxylic acids is 1. The molecule has 15 heavy (non-hydrogen) atoms. The molecule has 0 spiro atoms. The van der Waals surface area contributed by atoms with Gasteiger partial charge in [0.1, 0.15) is 12.1 Å². The van der Waals surface area contributed by atoms with E-state index in [1.807, 2.05) is 0 Å². The Hall–Kier alpha value is -1.07. The molecule has 5 nitrogen and oxygen atoms in total. The number of carboxylic acids is 1. The second kappa shape index (κ2) is 5.72. The first-order valence-corrected chi connectivity index (χ1v) is 4.33. The summed E-state index contributed by atoms with van der Waals surface area (Å²) in [5.41, 5.74) is 0.323. The van der Waals surface area contributed by atoms with Crippen molar-refractivity contribution in [2.75, 3.05) is 6.54 Å². The maximum atomic E-state index is 11.1. The SMILES string of the molecule is C=C(C)C(=O)O[C@H]1CN[C@H](C(=O)O)C1.Cl. The fraction of sp³-hybridized carbons (Fsp3) is 0.556.